The molecule has 6 heterocycles. The minimum atomic E-state index is -0.772. The zero-order valence-electron chi connectivity index (χ0n) is 35.3. The number of H-pyrrole nitrogens is 2. The Kier molecular flexibility index (Phi) is 9.73. The predicted octanol–water partition coefficient (Wildman–Crippen LogP) is 8.69. The number of hydrogen-bond acceptors (Lipinski definition) is 9. The smallest absolute Gasteiger partial charge is 0.305 e. The fraction of sp³-hybridized carbons (Fsp3) is 0.375. The fourth-order valence-corrected chi connectivity index (χ4v) is 10.7. The number of aromatic nitrogens is 4. The van der Waals surface area contributed by atoms with Crippen LogP contribution in [0.1, 0.15) is 120 Å². The van der Waals surface area contributed by atoms with E-state index in [2.05, 4.69) is 80.7 Å². The number of nitriles is 1. The number of nitrogens with one attached hydrogen (secondary N) is 2. The molecular formula is C48H50N6O5. The number of esters is 2. The van der Waals surface area contributed by atoms with Crippen LogP contribution in [0.2, 0.25) is 0 Å². The number of carbonyl (C=O) groups is 3. The normalized spacial score (nSPS) is 20.2. The van der Waals surface area contributed by atoms with Gasteiger partial charge in [-0.3, -0.25) is 19.4 Å². The van der Waals surface area contributed by atoms with Gasteiger partial charge in [0, 0.05) is 58.8 Å². The average molecular weight is 791 g/mol. The van der Waals surface area contributed by atoms with Crippen LogP contribution in [0.5, 0.6) is 0 Å². The summed E-state index contributed by atoms with van der Waals surface area (Å²) in [7, 11) is 4.83. The molecule has 11 heteroatoms. The van der Waals surface area contributed by atoms with Crippen molar-refractivity contribution in [2.45, 2.75) is 96.9 Å². The van der Waals surface area contributed by atoms with Crippen molar-refractivity contribution >= 4 is 63.2 Å². The number of benzene rings is 1. The molecule has 11 nitrogen and oxygen atoms in total. The maximum atomic E-state index is 12.6. The third kappa shape index (κ3) is 5.63. The van der Waals surface area contributed by atoms with Crippen LogP contribution in [0.15, 0.2) is 42.0 Å². The van der Waals surface area contributed by atoms with Crippen molar-refractivity contribution in [3.05, 3.63) is 104 Å². The number of carbonyl (C=O) groups excluding carboxylic acids is 3. The molecule has 0 spiro atoms. The summed E-state index contributed by atoms with van der Waals surface area (Å²) in [5, 5.41) is 11.0. The van der Waals surface area contributed by atoms with Crippen molar-refractivity contribution in [2.75, 3.05) is 26.2 Å². The summed E-state index contributed by atoms with van der Waals surface area (Å²) in [6.45, 7) is 12.8. The van der Waals surface area contributed by atoms with Crippen LogP contribution in [-0.2, 0) is 42.7 Å². The largest absolute Gasteiger partial charge is 0.469 e. The molecule has 4 aromatic rings. The van der Waals surface area contributed by atoms with E-state index in [-0.39, 0.29) is 30.8 Å². The Morgan fingerprint density at radius 2 is 1.54 bits per heavy atom. The van der Waals surface area contributed by atoms with Crippen molar-refractivity contribution in [3.8, 4) is 6.07 Å². The van der Waals surface area contributed by atoms with Gasteiger partial charge in [-0.15, -0.1) is 0 Å². The number of aryl methyl sites for hydroxylation is 4. The van der Waals surface area contributed by atoms with Crippen LogP contribution < -0.4 is 4.90 Å². The molecule has 0 saturated carbocycles. The molecule has 0 fully saturated rings. The Bertz CT molecular complexity index is 2780. The van der Waals surface area contributed by atoms with Crippen molar-refractivity contribution in [3.63, 3.8) is 0 Å². The lowest BCUT2D eigenvalue weighted by Crippen LogP contribution is -2.63. The second-order valence-electron chi connectivity index (χ2n) is 16.3. The lowest BCUT2D eigenvalue weighted by molar-refractivity contribution is -0.141. The van der Waals surface area contributed by atoms with Gasteiger partial charge in [-0.2, -0.15) is 5.26 Å². The van der Waals surface area contributed by atoms with Gasteiger partial charge >= 0.3 is 11.9 Å². The molecule has 302 valence electrons. The topological polar surface area (TPSA) is 154 Å². The van der Waals surface area contributed by atoms with E-state index in [1.807, 2.05) is 31.3 Å². The molecule has 0 saturated heterocycles. The van der Waals surface area contributed by atoms with Crippen LogP contribution in [0.4, 0.5) is 5.69 Å². The van der Waals surface area contributed by atoms with Gasteiger partial charge < -0.3 is 24.3 Å². The number of aromatic amines is 2. The van der Waals surface area contributed by atoms with E-state index < -0.39 is 10.8 Å². The second kappa shape index (κ2) is 14.5. The molecule has 2 N–H and O–H groups in total. The van der Waals surface area contributed by atoms with E-state index in [4.69, 9.17) is 19.4 Å². The molecule has 4 aliphatic rings. The van der Waals surface area contributed by atoms with Crippen molar-refractivity contribution < 1.29 is 23.9 Å². The number of likely N-dealkylation sites (N-methyl/N-ethyl adjacent to an activating group) is 1. The number of methoxy groups -OCH3 is 2. The van der Waals surface area contributed by atoms with Crippen molar-refractivity contribution in [1.29, 1.82) is 5.26 Å². The summed E-state index contributed by atoms with van der Waals surface area (Å²) < 4.78 is 10.1. The molecule has 0 amide bonds. The lowest BCUT2D eigenvalue weighted by Gasteiger charge is -2.57. The zero-order valence-corrected chi connectivity index (χ0v) is 35.3. The van der Waals surface area contributed by atoms with E-state index in [9.17, 15) is 19.6 Å². The van der Waals surface area contributed by atoms with Gasteiger partial charge in [-0.05, 0) is 128 Å². The van der Waals surface area contributed by atoms with Crippen LogP contribution in [-0.4, -0.2) is 65.5 Å². The number of nitrogens with zero attached hydrogens (tertiary/aromatic N) is 4. The first-order valence-electron chi connectivity index (χ1n) is 20.4. The maximum absolute atomic E-state index is 12.6. The summed E-state index contributed by atoms with van der Waals surface area (Å²) in [5.74, 6) is -0.604. The number of ether oxygens (including phenoxy) is 2. The Balaban J connectivity index is 1.59. The summed E-state index contributed by atoms with van der Waals surface area (Å²) >= 11 is 0. The lowest BCUT2D eigenvalue weighted by atomic mass is 9.50. The molecule has 8 bridgehead atoms. The molecule has 3 aromatic heterocycles. The fourth-order valence-electron chi connectivity index (χ4n) is 10.7. The highest BCUT2D eigenvalue weighted by atomic mass is 16.5. The van der Waals surface area contributed by atoms with Gasteiger partial charge in [-0.25, -0.2) is 4.98 Å². The Labute approximate surface area is 344 Å². The predicted molar refractivity (Wildman–Crippen MR) is 230 cm³/mol. The standard InChI is InChI=1S/C48H50N6O5/c1-10-30-25(3)36-20-35-26(4)31(13-16-42(56)58-8)38(50-35)21-39-32(14-17-43(57)59-9)27(5)37(51-39)22-41-48(11-2)34-18-28(24-55)12-15-40(34)54(7)46-29(23-49)19-33(44(30)52-36)45(53-41)47(46,48)6/h12,15,18-22,24,46,50-51H,10-11,13-14,16-17H2,1-9H3. The molecule has 8 rings (SSSR count). The minimum absolute atomic E-state index is 0.184. The van der Waals surface area contributed by atoms with Gasteiger partial charge in [0.15, 0.2) is 0 Å². The SMILES string of the molecule is CCC1=C(C)c2cc3[nH]c(cc4[nH]c(cc5nc6c(c1n2)C=C(C#N)C1N(C)c2ccc(C=O)cc2C5(CC)C61C)c(C)c4CCC(=O)OC)c(CCC(=O)OC)c3C. The van der Waals surface area contributed by atoms with E-state index in [0.717, 1.165) is 101 Å². The first-order chi connectivity index (χ1) is 28.3. The first kappa shape index (κ1) is 39.5. The highest BCUT2D eigenvalue weighted by molar-refractivity contribution is 5.96. The molecule has 3 aliphatic heterocycles. The molecular weight excluding hydrogens is 741 g/mol. The highest BCUT2D eigenvalue weighted by Crippen LogP contribution is 2.64. The zero-order chi connectivity index (χ0) is 42.1. The van der Waals surface area contributed by atoms with Gasteiger partial charge in [0.1, 0.15) is 6.29 Å². The highest BCUT2D eigenvalue weighted by Gasteiger charge is 2.66. The van der Waals surface area contributed by atoms with Gasteiger partial charge in [0.05, 0.1) is 65.5 Å². The number of hydrogen-bond donors (Lipinski definition) is 2. The quantitative estimate of drug-likeness (QED) is 0.125. The van der Waals surface area contributed by atoms with Crippen LogP contribution in [0, 0.1) is 25.2 Å². The molecule has 1 aromatic carbocycles. The summed E-state index contributed by atoms with van der Waals surface area (Å²) in [6, 6.07) is 14.4. The van der Waals surface area contributed by atoms with Crippen molar-refractivity contribution in [1.82, 2.24) is 19.9 Å². The number of fused-ring (bicyclic) bond motifs is 11. The summed E-state index contributed by atoms with van der Waals surface area (Å²) in [4.78, 5) is 58.2. The van der Waals surface area contributed by atoms with Gasteiger partial charge in [0.25, 0.3) is 0 Å². The van der Waals surface area contributed by atoms with E-state index in [0.29, 0.717) is 36.8 Å². The van der Waals surface area contributed by atoms with Gasteiger partial charge in [-0.1, -0.05) is 20.8 Å². The average Bonchev–Trinajstić information content (AvgIpc) is 3.90. The number of rotatable bonds is 9. The first-order valence-corrected chi connectivity index (χ1v) is 20.4. The number of allylic oxidation sites excluding steroid dienone is 2. The number of aldehydes is 1. The Morgan fingerprint density at radius 1 is 0.915 bits per heavy atom. The Morgan fingerprint density at radius 3 is 2.10 bits per heavy atom. The summed E-state index contributed by atoms with van der Waals surface area (Å²) in [5.41, 5.74) is 15.1. The van der Waals surface area contributed by atoms with E-state index in [1.54, 1.807) is 0 Å². The summed E-state index contributed by atoms with van der Waals surface area (Å²) in [6.07, 6.45) is 5.50. The van der Waals surface area contributed by atoms with Gasteiger partial charge in [0.2, 0.25) is 0 Å². The third-order valence-electron chi connectivity index (χ3n) is 13.8. The monoisotopic (exact) mass is 790 g/mol. The molecule has 59 heavy (non-hydrogen) atoms. The maximum Gasteiger partial charge on any atom is 0.305 e. The van der Waals surface area contributed by atoms with Crippen molar-refractivity contribution in [2.24, 2.45) is 0 Å². The van der Waals surface area contributed by atoms with Crippen LogP contribution in [0.25, 0.3) is 39.3 Å². The van der Waals surface area contributed by atoms with Crippen LogP contribution in [0.3, 0.4) is 0 Å². The number of anilines is 1. The molecule has 3 unspecified atom stereocenters. The molecule has 3 atom stereocenters. The van der Waals surface area contributed by atoms with E-state index in [1.165, 1.54) is 14.2 Å². The van der Waals surface area contributed by atoms with Crippen LogP contribution >= 0.6 is 0 Å². The molecule has 1 aliphatic carbocycles. The third-order valence-corrected chi connectivity index (χ3v) is 13.8. The second-order valence-corrected chi connectivity index (χ2v) is 16.3. The Hall–Kier alpha value is -6.28. The van der Waals surface area contributed by atoms with E-state index >= 15 is 0 Å². The molecule has 0 radical (unpaired) electrons. The minimum Gasteiger partial charge on any atom is -0.469 e.